The summed E-state index contributed by atoms with van der Waals surface area (Å²) >= 11 is 0. The van der Waals surface area contributed by atoms with E-state index in [1.165, 1.54) is 0 Å². The van der Waals surface area contributed by atoms with Crippen LogP contribution in [-0.4, -0.2) is 29.1 Å². The van der Waals surface area contributed by atoms with Crippen molar-refractivity contribution in [3.63, 3.8) is 0 Å². The van der Waals surface area contributed by atoms with Crippen molar-refractivity contribution in [1.82, 2.24) is 10.0 Å². The SMILES string of the molecule is O=C(c1ncc(F)cc1F)N1CCCCO1. The molecule has 4 nitrogen and oxygen atoms in total. The average molecular weight is 228 g/mol. The summed E-state index contributed by atoms with van der Waals surface area (Å²) in [7, 11) is 0. The molecule has 0 N–H and O–H groups in total. The molecular formula is C10H10F2N2O2. The molecule has 1 aromatic heterocycles. The lowest BCUT2D eigenvalue weighted by atomic mass is 10.2. The molecule has 0 saturated carbocycles. The summed E-state index contributed by atoms with van der Waals surface area (Å²) < 4.78 is 25.8. The topological polar surface area (TPSA) is 42.4 Å². The molecule has 1 aliphatic heterocycles. The van der Waals surface area contributed by atoms with Crippen molar-refractivity contribution in [1.29, 1.82) is 0 Å². The summed E-state index contributed by atoms with van der Waals surface area (Å²) in [5, 5.41) is 1.06. The number of hydrogen-bond donors (Lipinski definition) is 0. The maximum absolute atomic E-state index is 13.3. The standard InChI is InChI=1S/C10H10F2N2O2/c11-7-5-8(12)9(13-6-7)10(15)14-3-1-2-4-16-14/h5-6H,1-4H2. The van der Waals surface area contributed by atoms with Crippen LogP contribution in [0, 0.1) is 11.6 Å². The van der Waals surface area contributed by atoms with Crippen molar-refractivity contribution in [2.45, 2.75) is 12.8 Å². The molecule has 0 aliphatic carbocycles. The van der Waals surface area contributed by atoms with Crippen LogP contribution in [0.25, 0.3) is 0 Å². The molecule has 86 valence electrons. The van der Waals surface area contributed by atoms with E-state index in [1.54, 1.807) is 0 Å². The van der Waals surface area contributed by atoms with E-state index in [4.69, 9.17) is 4.84 Å². The number of carbonyl (C=O) groups is 1. The Morgan fingerprint density at radius 2 is 2.25 bits per heavy atom. The van der Waals surface area contributed by atoms with Gasteiger partial charge in [0.2, 0.25) is 0 Å². The number of halogens is 2. The highest BCUT2D eigenvalue weighted by Crippen LogP contribution is 2.13. The molecule has 0 unspecified atom stereocenters. The van der Waals surface area contributed by atoms with Gasteiger partial charge in [0.05, 0.1) is 12.8 Å². The number of aromatic nitrogens is 1. The zero-order chi connectivity index (χ0) is 11.5. The third-order valence-corrected chi connectivity index (χ3v) is 2.24. The van der Waals surface area contributed by atoms with Gasteiger partial charge in [-0.1, -0.05) is 0 Å². The van der Waals surface area contributed by atoms with Crippen LogP contribution < -0.4 is 0 Å². The number of rotatable bonds is 1. The number of nitrogens with zero attached hydrogens (tertiary/aromatic N) is 2. The van der Waals surface area contributed by atoms with Crippen LogP contribution in [0.4, 0.5) is 8.78 Å². The number of hydrogen-bond acceptors (Lipinski definition) is 3. The third-order valence-electron chi connectivity index (χ3n) is 2.24. The van der Waals surface area contributed by atoms with Crippen LogP contribution in [0.1, 0.15) is 23.3 Å². The first-order valence-electron chi connectivity index (χ1n) is 4.94. The summed E-state index contributed by atoms with van der Waals surface area (Å²) in [5.41, 5.74) is -0.414. The Kier molecular flexibility index (Phi) is 3.09. The van der Waals surface area contributed by atoms with Gasteiger partial charge in [-0.2, -0.15) is 0 Å². The Hall–Kier alpha value is -1.56. The van der Waals surface area contributed by atoms with Crippen LogP contribution in [0.2, 0.25) is 0 Å². The third kappa shape index (κ3) is 2.16. The molecule has 0 atom stereocenters. The van der Waals surface area contributed by atoms with Crippen LogP contribution in [0.5, 0.6) is 0 Å². The zero-order valence-electron chi connectivity index (χ0n) is 8.45. The van der Waals surface area contributed by atoms with Gasteiger partial charge in [-0.25, -0.2) is 18.8 Å². The van der Waals surface area contributed by atoms with Gasteiger partial charge in [0.25, 0.3) is 5.91 Å². The summed E-state index contributed by atoms with van der Waals surface area (Å²) in [5.74, 6) is -2.45. The first-order chi connectivity index (χ1) is 7.68. The van der Waals surface area contributed by atoms with E-state index in [1.807, 2.05) is 0 Å². The quantitative estimate of drug-likeness (QED) is 0.732. The molecule has 0 bridgehead atoms. The molecular weight excluding hydrogens is 218 g/mol. The normalized spacial score (nSPS) is 16.2. The molecule has 0 aromatic carbocycles. The molecule has 2 rings (SSSR count). The number of amides is 1. The summed E-state index contributed by atoms with van der Waals surface area (Å²) in [6.45, 7) is 0.825. The second-order valence-electron chi connectivity index (χ2n) is 3.43. The van der Waals surface area contributed by atoms with Gasteiger partial charge in [0.1, 0.15) is 5.82 Å². The Morgan fingerprint density at radius 3 is 2.88 bits per heavy atom. The lowest BCUT2D eigenvalue weighted by Crippen LogP contribution is -2.36. The van der Waals surface area contributed by atoms with Gasteiger partial charge in [0.15, 0.2) is 11.5 Å². The summed E-state index contributed by atoms with van der Waals surface area (Å²) in [4.78, 5) is 20.2. The smallest absolute Gasteiger partial charge is 0.271 e. The van der Waals surface area contributed by atoms with Gasteiger partial charge >= 0.3 is 0 Å². The van der Waals surface area contributed by atoms with Gasteiger partial charge < -0.3 is 0 Å². The van der Waals surface area contributed by atoms with Crippen LogP contribution >= 0.6 is 0 Å². The van der Waals surface area contributed by atoms with Crippen molar-refractivity contribution in [3.8, 4) is 0 Å². The number of pyridine rings is 1. The van der Waals surface area contributed by atoms with E-state index in [0.29, 0.717) is 19.2 Å². The molecule has 1 amide bonds. The lowest BCUT2D eigenvalue weighted by Gasteiger charge is -2.25. The summed E-state index contributed by atoms with van der Waals surface area (Å²) in [6.07, 6.45) is 2.47. The molecule has 2 heterocycles. The van der Waals surface area contributed by atoms with Crippen LogP contribution in [0.15, 0.2) is 12.3 Å². The van der Waals surface area contributed by atoms with Gasteiger partial charge in [-0.15, -0.1) is 0 Å². The Labute approximate surface area is 90.8 Å². The van der Waals surface area contributed by atoms with E-state index in [-0.39, 0.29) is 0 Å². The predicted molar refractivity (Wildman–Crippen MR) is 50.4 cm³/mol. The second-order valence-corrected chi connectivity index (χ2v) is 3.43. The molecule has 1 aromatic rings. The molecule has 1 saturated heterocycles. The lowest BCUT2D eigenvalue weighted by molar-refractivity contribution is -0.144. The second kappa shape index (κ2) is 4.52. The number of carbonyl (C=O) groups excluding carboxylic acids is 1. The fraction of sp³-hybridized carbons (Fsp3) is 0.400. The van der Waals surface area contributed by atoms with E-state index in [2.05, 4.69) is 4.98 Å². The van der Waals surface area contributed by atoms with Crippen molar-refractivity contribution in [2.24, 2.45) is 0 Å². The first kappa shape index (κ1) is 10.9. The van der Waals surface area contributed by atoms with E-state index >= 15 is 0 Å². The highest BCUT2D eigenvalue weighted by Gasteiger charge is 2.23. The number of hydroxylamine groups is 2. The maximum atomic E-state index is 13.3. The highest BCUT2D eigenvalue weighted by molar-refractivity contribution is 5.91. The first-order valence-corrected chi connectivity index (χ1v) is 4.94. The molecule has 0 radical (unpaired) electrons. The minimum absolute atomic E-state index is 0.400. The highest BCUT2D eigenvalue weighted by atomic mass is 19.1. The molecule has 1 aliphatic rings. The molecule has 0 spiro atoms. The Balaban J connectivity index is 2.19. The largest absolute Gasteiger partial charge is 0.299 e. The molecule has 1 fully saturated rings. The predicted octanol–water partition coefficient (Wildman–Crippen LogP) is 1.53. The van der Waals surface area contributed by atoms with Crippen molar-refractivity contribution in [2.75, 3.05) is 13.2 Å². The molecule has 16 heavy (non-hydrogen) atoms. The van der Waals surface area contributed by atoms with E-state index < -0.39 is 23.2 Å². The van der Waals surface area contributed by atoms with Crippen LogP contribution in [0.3, 0.4) is 0 Å². The fourth-order valence-corrected chi connectivity index (χ4v) is 1.45. The van der Waals surface area contributed by atoms with Crippen molar-refractivity contribution >= 4 is 5.91 Å². The zero-order valence-corrected chi connectivity index (χ0v) is 8.45. The van der Waals surface area contributed by atoms with E-state index in [0.717, 1.165) is 24.1 Å². The van der Waals surface area contributed by atoms with Gasteiger partial charge in [-0.05, 0) is 12.8 Å². The van der Waals surface area contributed by atoms with E-state index in [9.17, 15) is 13.6 Å². The fourth-order valence-electron chi connectivity index (χ4n) is 1.45. The average Bonchev–Trinajstić information content (AvgIpc) is 2.29. The van der Waals surface area contributed by atoms with Gasteiger partial charge in [-0.3, -0.25) is 9.63 Å². The van der Waals surface area contributed by atoms with Crippen LogP contribution in [-0.2, 0) is 4.84 Å². The Morgan fingerprint density at radius 1 is 1.44 bits per heavy atom. The molecule has 6 heteroatoms. The van der Waals surface area contributed by atoms with Gasteiger partial charge in [0, 0.05) is 12.6 Å². The minimum atomic E-state index is -0.973. The Bertz CT molecular complexity index is 406. The monoisotopic (exact) mass is 228 g/mol. The van der Waals surface area contributed by atoms with Crippen molar-refractivity contribution in [3.05, 3.63) is 29.6 Å². The van der Waals surface area contributed by atoms with Crippen molar-refractivity contribution < 1.29 is 18.4 Å². The maximum Gasteiger partial charge on any atom is 0.299 e. The summed E-state index contributed by atoms with van der Waals surface area (Å²) in [6, 6.07) is 0.629. The minimum Gasteiger partial charge on any atom is -0.271 e.